The maximum atomic E-state index is 4.72. The van der Waals surface area contributed by atoms with Crippen LogP contribution in [0, 0.1) is 0 Å². The number of fused-ring (bicyclic) bond motifs is 5. The summed E-state index contributed by atoms with van der Waals surface area (Å²) in [5.41, 5.74) is 5.32. The topological polar surface area (TPSA) is 28.8 Å². The lowest BCUT2D eigenvalue weighted by atomic mass is 9.89. The molecular formula is C16H18N3+. The summed E-state index contributed by atoms with van der Waals surface area (Å²) in [6.07, 6.45) is 5.38. The normalized spacial score (nSPS) is 19.3. The summed E-state index contributed by atoms with van der Waals surface area (Å²) >= 11 is 0. The molecule has 3 heteroatoms. The molecule has 96 valence electrons. The molecule has 1 unspecified atom stereocenters. The average molecular weight is 252 g/mol. The van der Waals surface area contributed by atoms with Gasteiger partial charge in [-0.25, -0.2) is 4.57 Å². The van der Waals surface area contributed by atoms with Crippen LogP contribution in [0.25, 0.3) is 11.3 Å². The minimum atomic E-state index is 0.561. The van der Waals surface area contributed by atoms with Gasteiger partial charge < -0.3 is 0 Å². The zero-order valence-corrected chi connectivity index (χ0v) is 11.2. The molecule has 2 aromatic rings. The van der Waals surface area contributed by atoms with Gasteiger partial charge in [0, 0.05) is 5.56 Å². The molecule has 19 heavy (non-hydrogen) atoms. The number of hydrogen-bond donors (Lipinski definition) is 1. The molecule has 0 saturated carbocycles. The van der Waals surface area contributed by atoms with Crippen molar-refractivity contribution in [2.24, 2.45) is 0 Å². The lowest BCUT2D eigenvalue weighted by Gasteiger charge is -2.17. The van der Waals surface area contributed by atoms with E-state index < -0.39 is 0 Å². The molecule has 1 aliphatic heterocycles. The monoisotopic (exact) mass is 252 g/mol. The summed E-state index contributed by atoms with van der Waals surface area (Å²) in [6.45, 7) is 3.28. The Morgan fingerprint density at radius 3 is 3.11 bits per heavy atom. The number of hydrogen-bond acceptors (Lipinski definition) is 2. The Morgan fingerprint density at radius 1 is 1.32 bits per heavy atom. The molecule has 1 N–H and O–H groups in total. The average Bonchev–Trinajstić information content (AvgIpc) is 2.90. The molecule has 1 aliphatic carbocycles. The van der Waals surface area contributed by atoms with Gasteiger partial charge in [-0.05, 0) is 24.8 Å². The highest BCUT2D eigenvalue weighted by Gasteiger charge is 2.32. The highest BCUT2D eigenvalue weighted by molar-refractivity contribution is 5.72. The quantitative estimate of drug-likeness (QED) is 0.789. The first-order valence-electron chi connectivity index (χ1n) is 7.13. The van der Waals surface area contributed by atoms with Crippen molar-refractivity contribution in [3.8, 4) is 11.3 Å². The molecule has 0 saturated heterocycles. The fourth-order valence-corrected chi connectivity index (χ4v) is 3.26. The highest BCUT2D eigenvalue weighted by Crippen LogP contribution is 2.35. The van der Waals surface area contributed by atoms with Crippen LogP contribution in [0.1, 0.15) is 24.5 Å². The maximum Gasteiger partial charge on any atom is 0.228 e. The summed E-state index contributed by atoms with van der Waals surface area (Å²) in [5.74, 6) is 1.30. The zero-order chi connectivity index (χ0) is 12.8. The second-order valence-electron chi connectivity index (χ2n) is 5.48. The standard InChI is InChI=1S/C16H17N3/c1-2-12-9-19-10-17-15-13-6-4-3-5-11(13)7-8-14(15)16(19)18-12/h3-6,10,12H,2,7-9H2,1H3/p+1. The number of benzene rings is 1. The van der Waals surface area contributed by atoms with Gasteiger partial charge in [0.1, 0.15) is 12.6 Å². The number of nitrogens with one attached hydrogen (secondary N) is 1. The van der Waals surface area contributed by atoms with E-state index in [2.05, 4.69) is 41.1 Å². The van der Waals surface area contributed by atoms with Crippen molar-refractivity contribution in [1.82, 2.24) is 4.98 Å². The maximum absolute atomic E-state index is 4.72. The van der Waals surface area contributed by atoms with E-state index in [9.17, 15) is 0 Å². The van der Waals surface area contributed by atoms with Crippen molar-refractivity contribution >= 4 is 5.82 Å². The van der Waals surface area contributed by atoms with Gasteiger partial charge in [0.2, 0.25) is 12.1 Å². The first-order chi connectivity index (χ1) is 9.36. The second kappa shape index (κ2) is 4.05. The Kier molecular flexibility index (Phi) is 2.34. The van der Waals surface area contributed by atoms with E-state index in [0.717, 1.165) is 25.8 Å². The van der Waals surface area contributed by atoms with E-state index in [0.29, 0.717) is 6.04 Å². The minimum absolute atomic E-state index is 0.561. The first kappa shape index (κ1) is 11.0. The van der Waals surface area contributed by atoms with E-state index >= 15 is 0 Å². The van der Waals surface area contributed by atoms with E-state index in [1.165, 1.54) is 28.2 Å². The van der Waals surface area contributed by atoms with E-state index in [1.807, 2.05) is 6.33 Å². The molecule has 1 atom stereocenters. The Labute approximate surface area is 113 Å². The van der Waals surface area contributed by atoms with Crippen LogP contribution in [0.5, 0.6) is 0 Å². The van der Waals surface area contributed by atoms with Gasteiger partial charge in [-0.2, -0.15) is 0 Å². The fraction of sp³-hybridized carbons (Fsp3) is 0.375. The first-order valence-corrected chi connectivity index (χ1v) is 7.13. The van der Waals surface area contributed by atoms with Crippen molar-refractivity contribution in [1.29, 1.82) is 0 Å². The molecule has 0 spiro atoms. The smallest absolute Gasteiger partial charge is 0.228 e. The molecule has 1 aromatic heterocycles. The Bertz CT molecular complexity index is 648. The van der Waals surface area contributed by atoms with Crippen LogP contribution in [0.2, 0.25) is 0 Å². The molecule has 0 bridgehead atoms. The van der Waals surface area contributed by atoms with Crippen LogP contribution in [0.15, 0.2) is 30.6 Å². The lowest BCUT2D eigenvalue weighted by Crippen LogP contribution is -2.34. The Hall–Kier alpha value is -1.90. The number of nitrogens with zero attached hydrogens (tertiary/aromatic N) is 2. The molecule has 1 aromatic carbocycles. The summed E-state index contributed by atoms with van der Waals surface area (Å²) in [6, 6.07) is 9.22. The van der Waals surface area contributed by atoms with Gasteiger partial charge >= 0.3 is 0 Å². The van der Waals surface area contributed by atoms with E-state index in [1.54, 1.807) is 0 Å². The third-order valence-corrected chi connectivity index (χ3v) is 4.35. The minimum Gasteiger partial charge on any atom is -0.299 e. The zero-order valence-electron chi connectivity index (χ0n) is 11.2. The predicted molar refractivity (Wildman–Crippen MR) is 75.0 cm³/mol. The van der Waals surface area contributed by atoms with Crippen molar-refractivity contribution in [3.63, 3.8) is 0 Å². The SMILES string of the molecule is CCC1C[n+]2cnc3c(c2N1)CCc1ccccc1-3. The van der Waals surface area contributed by atoms with Gasteiger partial charge in [0.15, 0.2) is 5.69 Å². The summed E-state index contributed by atoms with van der Waals surface area (Å²) in [5, 5.41) is 3.67. The van der Waals surface area contributed by atoms with Crippen LogP contribution in [0.3, 0.4) is 0 Å². The van der Waals surface area contributed by atoms with Crippen molar-refractivity contribution in [2.75, 3.05) is 5.32 Å². The molecular weight excluding hydrogens is 234 g/mol. The van der Waals surface area contributed by atoms with Crippen LogP contribution < -0.4 is 9.88 Å². The van der Waals surface area contributed by atoms with Crippen LogP contribution >= 0.6 is 0 Å². The lowest BCUT2D eigenvalue weighted by molar-refractivity contribution is -0.676. The van der Waals surface area contributed by atoms with Gasteiger partial charge in [0.25, 0.3) is 0 Å². The molecule has 2 heterocycles. The van der Waals surface area contributed by atoms with Crippen molar-refractivity contribution in [3.05, 3.63) is 41.7 Å². The third kappa shape index (κ3) is 1.57. The van der Waals surface area contributed by atoms with Crippen molar-refractivity contribution < 1.29 is 4.57 Å². The fourth-order valence-electron chi connectivity index (χ4n) is 3.26. The molecule has 2 aliphatic rings. The molecule has 3 nitrogen and oxygen atoms in total. The van der Waals surface area contributed by atoms with E-state index in [4.69, 9.17) is 4.98 Å². The Balaban J connectivity index is 1.88. The van der Waals surface area contributed by atoms with E-state index in [-0.39, 0.29) is 0 Å². The number of rotatable bonds is 1. The van der Waals surface area contributed by atoms with Gasteiger partial charge in [-0.3, -0.25) is 5.32 Å². The highest BCUT2D eigenvalue weighted by atomic mass is 15.2. The third-order valence-electron chi connectivity index (χ3n) is 4.35. The predicted octanol–water partition coefficient (Wildman–Crippen LogP) is 2.34. The number of aryl methyl sites for hydroxylation is 1. The van der Waals surface area contributed by atoms with Gasteiger partial charge in [-0.1, -0.05) is 31.2 Å². The van der Waals surface area contributed by atoms with Crippen LogP contribution in [0.4, 0.5) is 5.82 Å². The summed E-state index contributed by atoms with van der Waals surface area (Å²) < 4.78 is 2.28. The Morgan fingerprint density at radius 2 is 2.21 bits per heavy atom. The van der Waals surface area contributed by atoms with Crippen LogP contribution in [-0.4, -0.2) is 11.0 Å². The number of aromatic nitrogens is 2. The molecule has 4 rings (SSSR count). The molecule has 0 radical (unpaired) electrons. The summed E-state index contributed by atoms with van der Waals surface area (Å²) in [4.78, 5) is 4.72. The van der Waals surface area contributed by atoms with Gasteiger partial charge in [0.05, 0.1) is 5.56 Å². The van der Waals surface area contributed by atoms with Crippen molar-refractivity contribution in [2.45, 2.75) is 38.8 Å². The molecule has 0 amide bonds. The summed E-state index contributed by atoms with van der Waals surface area (Å²) in [7, 11) is 0. The van der Waals surface area contributed by atoms with Crippen LogP contribution in [-0.2, 0) is 19.4 Å². The molecule has 0 fully saturated rings. The largest absolute Gasteiger partial charge is 0.299 e. The van der Waals surface area contributed by atoms with Gasteiger partial charge in [-0.15, -0.1) is 4.98 Å². The number of anilines is 1. The second-order valence-corrected chi connectivity index (χ2v) is 5.48.